The van der Waals surface area contributed by atoms with Gasteiger partial charge in [0.1, 0.15) is 18.1 Å². The molecule has 0 fully saturated rings. The predicted molar refractivity (Wildman–Crippen MR) is 112 cm³/mol. The van der Waals surface area contributed by atoms with Gasteiger partial charge in [0.2, 0.25) is 0 Å². The number of hydrogen-bond donors (Lipinski definition) is 1. The van der Waals surface area contributed by atoms with Crippen LogP contribution in [0.3, 0.4) is 0 Å². The zero-order chi connectivity index (χ0) is 24.2. The number of hydrogen-bond acceptors (Lipinski definition) is 5. The molecule has 1 aliphatic carbocycles. The fourth-order valence-electron chi connectivity index (χ4n) is 2.86. The number of ether oxygens (including phenoxy) is 4. The number of anilines is 1. The molecular formula is C23H29FeNO7. The first-order valence-corrected chi connectivity index (χ1v) is 9.38. The van der Waals surface area contributed by atoms with Crippen molar-refractivity contribution in [2.75, 3.05) is 32.7 Å². The van der Waals surface area contributed by atoms with Gasteiger partial charge >= 0.3 is 33.9 Å². The molecular weight excluding hydrogens is 458 g/mol. The van der Waals surface area contributed by atoms with Gasteiger partial charge in [0.25, 0.3) is 0 Å². The number of rotatable bonds is 9. The van der Waals surface area contributed by atoms with E-state index in [1.165, 1.54) is 0 Å². The third kappa shape index (κ3) is 12.0. The summed E-state index contributed by atoms with van der Waals surface area (Å²) in [6.45, 7) is 20.9. The van der Waals surface area contributed by atoms with Gasteiger partial charge in [-0.25, -0.2) is 0 Å². The molecule has 0 radical (unpaired) electrons. The van der Waals surface area contributed by atoms with E-state index in [1.807, 2.05) is 32.9 Å². The van der Waals surface area contributed by atoms with Gasteiger partial charge in [0, 0.05) is 48.0 Å². The minimum Gasteiger partial charge on any atom is 0 e. The second kappa shape index (κ2) is 22.0. The van der Waals surface area contributed by atoms with Gasteiger partial charge in [-0.1, -0.05) is 6.08 Å². The molecule has 1 aromatic carbocycles. The minimum absolute atomic E-state index is 0. The van der Waals surface area contributed by atoms with E-state index in [-0.39, 0.29) is 29.3 Å². The minimum atomic E-state index is -0.366. The third-order valence-electron chi connectivity index (χ3n) is 4.16. The number of methoxy groups -OCH3 is 1. The van der Waals surface area contributed by atoms with Gasteiger partial charge in [0.05, 0.1) is 7.11 Å². The molecule has 0 saturated heterocycles. The summed E-state index contributed by atoms with van der Waals surface area (Å²) >= 11 is 0. The van der Waals surface area contributed by atoms with Crippen molar-refractivity contribution in [3.63, 3.8) is 0 Å². The molecule has 0 saturated carbocycles. The quantitative estimate of drug-likeness (QED) is 0.187. The Bertz CT molecular complexity index is 736. The summed E-state index contributed by atoms with van der Waals surface area (Å²) in [5, 5.41) is 0. The van der Waals surface area contributed by atoms with Crippen LogP contribution in [0.4, 0.5) is 5.69 Å². The zero-order valence-electron chi connectivity index (χ0n) is 18.7. The van der Waals surface area contributed by atoms with Crippen LogP contribution in [-0.4, -0.2) is 33.2 Å². The maximum atomic E-state index is 7.50. The average molecular weight is 487 g/mol. The summed E-state index contributed by atoms with van der Waals surface area (Å²) in [7, 11) is 1.68. The topological polar surface area (TPSA) is 123 Å². The summed E-state index contributed by atoms with van der Waals surface area (Å²) in [5.41, 5.74) is 9.17. The molecule has 176 valence electrons. The van der Waals surface area contributed by atoms with Crippen molar-refractivity contribution in [2.45, 2.75) is 39.4 Å². The largest absolute Gasteiger partial charge is 0 e. The van der Waals surface area contributed by atoms with Gasteiger partial charge in [-0.2, -0.15) is 0 Å². The molecule has 0 amide bonds. The number of aryl methyl sites for hydroxylation is 1. The van der Waals surface area contributed by atoms with Crippen molar-refractivity contribution in [3.05, 3.63) is 67.2 Å². The van der Waals surface area contributed by atoms with Crippen molar-refractivity contribution in [3.8, 4) is 5.75 Å². The second-order valence-corrected chi connectivity index (χ2v) is 5.91. The molecule has 0 aromatic heterocycles. The van der Waals surface area contributed by atoms with E-state index in [0.717, 1.165) is 34.7 Å². The molecule has 0 aliphatic heterocycles. The van der Waals surface area contributed by atoms with E-state index in [9.17, 15) is 0 Å². The van der Waals surface area contributed by atoms with Crippen LogP contribution in [0.15, 0.2) is 36.1 Å². The maximum Gasteiger partial charge on any atom is 0 e. The van der Waals surface area contributed by atoms with E-state index in [1.54, 1.807) is 7.11 Å². The molecule has 9 heteroatoms. The van der Waals surface area contributed by atoms with Crippen LogP contribution in [0.25, 0.3) is 0 Å². The monoisotopic (exact) mass is 487 g/mol. The maximum absolute atomic E-state index is 7.50. The fourth-order valence-corrected chi connectivity index (χ4v) is 2.86. The molecule has 32 heavy (non-hydrogen) atoms. The van der Waals surface area contributed by atoms with Gasteiger partial charge in [0.15, 0.2) is 6.29 Å². The van der Waals surface area contributed by atoms with Crippen molar-refractivity contribution >= 4 is 5.69 Å². The van der Waals surface area contributed by atoms with E-state index in [0.29, 0.717) is 19.8 Å². The third-order valence-corrected chi connectivity index (χ3v) is 4.16. The Hall–Kier alpha value is -2.24. The van der Waals surface area contributed by atoms with E-state index >= 15 is 0 Å². The van der Waals surface area contributed by atoms with Crippen molar-refractivity contribution < 1.29 is 50.0 Å². The number of nitrogen functional groups attached to an aromatic ring is 1. The predicted octanol–water partition coefficient (Wildman–Crippen LogP) is 3.81. The van der Waals surface area contributed by atoms with Crippen LogP contribution in [0.1, 0.15) is 37.3 Å². The molecule has 1 aliphatic rings. The summed E-state index contributed by atoms with van der Waals surface area (Å²) < 4.78 is 44.6. The molecule has 0 heterocycles. The van der Waals surface area contributed by atoms with E-state index in [2.05, 4.69) is 38.2 Å². The SMILES string of the molecule is CCOC(COc1cc(N)c(C2C=CC(OC)=CC2)cc1C)OCC.[C-]#[O+].[C-]#[O+].[C-]#[O+].[Fe]. The zero-order valence-corrected chi connectivity index (χ0v) is 19.8. The van der Waals surface area contributed by atoms with Crippen LogP contribution in [0.2, 0.25) is 0 Å². The molecule has 1 unspecified atom stereocenters. The molecule has 8 nitrogen and oxygen atoms in total. The Morgan fingerprint density at radius 3 is 2.06 bits per heavy atom. The normalized spacial score (nSPS) is 13.3. The Labute approximate surface area is 200 Å². The van der Waals surface area contributed by atoms with E-state index < -0.39 is 0 Å². The number of benzene rings is 1. The average Bonchev–Trinajstić information content (AvgIpc) is 2.83. The summed E-state index contributed by atoms with van der Waals surface area (Å²) in [5.74, 6) is 1.91. The van der Waals surface area contributed by atoms with Crippen LogP contribution in [0, 0.1) is 26.9 Å². The Kier molecular flexibility index (Phi) is 23.6. The number of nitrogens with two attached hydrogens (primary N) is 1. The second-order valence-electron chi connectivity index (χ2n) is 5.91. The Balaban J connectivity index is -0.00000111. The summed E-state index contributed by atoms with van der Waals surface area (Å²) in [4.78, 5) is 0. The Morgan fingerprint density at radius 1 is 1.06 bits per heavy atom. The first-order chi connectivity index (χ1) is 15.1. The fraction of sp³-hybridized carbons (Fsp3) is 0.435. The van der Waals surface area contributed by atoms with Gasteiger partial charge in [-0.15, -0.1) is 0 Å². The van der Waals surface area contributed by atoms with Crippen molar-refractivity contribution in [2.24, 2.45) is 0 Å². The van der Waals surface area contributed by atoms with E-state index in [4.69, 9.17) is 38.6 Å². The molecule has 2 N–H and O–H groups in total. The van der Waals surface area contributed by atoms with Crippen molar-refractivity contribution in [1.82, 2.24) is 0 Å². The first-order valence-electron chi connectivity index (χ1n) is 9.38. The van der Waals surface area contributed by atoms with Crippen LogP contribution in [0.5, 0.6) is 5.75 Å². The molecule has 2 rings (SSSR count). The molecule has 0 spiro atoms. The summed E-state index contributed by atoms with van der Waals surface area (Å²) in [6.07, 6.45) is 6.71. The molecule has 1 atom stereocenters. The Morgan fingerprint density at radius 2 is 1.62 bits per heavy atom. The van der Waals surface area contributed by atoms with Gasteiger partial charge < -0.3 is 24.7 Å². The van der Waals surface area contributed by atoms with Crippen molar-refractivity contribution in [1.29, 1.82) is 0 Å². The van der Waals surface area contributed by atoms with Gasteiger partial charge in [-0.3, -0.25) is 0 Å². The standard InChI is InChI=1S/C20H29NO4.3CO.Fe/c1-5-23-20(24-6-2)13-25-19-12-18(21)17(11-14(19)3)15-7-9-16(22-4)10-8-15;3*1-2;/h7,9-12,15,20H,5-6,8,13,21H2,1-4H3;;;;. The summed E-state index contributed by atoms with van der Waals surface area (Å²) in [6, 6.07) is 3.99. The van der Waals surface area contributed by atoms with Gasteiger partial charge in [-0.05, 0) is 56.5 Å². The number of allylic oxidation sites excluding steroid dienone is 3. The first kappa shape index (κ1) is 34.4. The van der Waals surface area contributed by atoms with Crippen LogP contribution in [-0.2, 0) is 45.2 Å². The molecule has 1 aromatic rings. The van der Waals surface area contributed by atoms with Crippen LogP contribution >= 0.6 is 0 Å². The van der Waals surface area contributed by atoms with Crippen LogP contribution < -0.4 is 10.5 Å². The smallest absolute Gasteiger partial charge is 0 e. The molecule has 0 bridgehead atoms.